The van der Waals surface area contributed by atoms with Gasteiger partial charge in [0.1, 0.15) is 12.5 Å². The van der Waals surface area contributed by atoms with Crippen molar-refractivity contribution in [3.05, 3.63) is 48.4 Å². The number of ether oxygens (including phenoxy) is 2. The molecule has 1 rings (SSSR count). The van der Waals surface area contributed by atoms with Crippen molar-refractivity contribution in [2.24, 2.45) is 0 Å². The monoisotopic (exact) mass is 178 g/mol. The minimum Gasteiger partial charge on any atom is -0.501 e. The van der Waals surface area contributed by atoms with Crippen LogP contribution >= 0.6 is 0 Å². The molecule has 0 N–H and O–H groups in total. The van der Waals surface area contributed by atoms with E-state index in [1.807, 2.05) is 6.07 Å². The molecule has 3 nitrogen and oxygen atoms in total. The Morgan fingerprint density at radius 3 is 2.54 bits per heavy atom. The summed E-state index contributed by atoms with van der Waals surface area (Å²) in [6.07, 6.45) is 2.50. The van der Waals surface area contributed by atoms with Gasteiger partial charge in [0.05, 0.1) is 12.7 Å². The molecule has 0 unspecified atom stereocenters. The molecule has 0 aromatic heterocycles. The van der Waals surface area contributed by atoms with Gasteiger partial charge in [-0.2, -0.15) is 0 Å². The van der Waals surface area contributed by atoms with E-state index in [-0.39, 0.29) is 0 Å². The SMILES string of the molecule is COC=COC(=O)c1ccccc1. The van der Waals surface area contributed by atoms with Gasteiger partial charge in [-0.1, -0.05) is 18.2 Å². The second-order valence-corrected chi connectivity index (χ2v) is 2.28. The van der Waals surface area contributed by atoms with Gasteiger partial charge in [0.15, 0.2) is 0 Å². The van der Waals surface area contributed by atoms with Crippen LogP contribution in [0.5, 0.6) is 0 Å². The molecule has 0 spiro atoms. The Morgan fingerprint density at radius 2 is 1.92 bits per heavy atom. The summed E-state index contributed by atoms with van der Waals surface area (Å²) in [7, 11) is 1.48. The highest BCUT2D eigenvalue weighted by Gasteiger charge is 2.02. The van der Waals surface area contributed by atoms with Gasteiger partial charge in [-0.15, -0.1) is 0 Å². The van der Waals surface area contributed by atoms with Crippen molar-refractivity contribution >= 4 is 5.97 Å². The standard InChI is InChI=1S/C10H10O3/c1-12-7-8-13-10(11)9-5-3-2-4-6-9/h2-8H,1H3. The number of hydrogen-bond donors (Lipinski definition) is 0. The third kappa shape index (κ3) is 2.99. The lowest BCUT2D eigenvalue weighted by Gasteiger charge is -1.97. The molecule has 0 amide bonds. The summed E-state index contributed by atoms with van der Waals surface area (Å²) in [6.45, 7) is 0. The highest BCUT2D eigenvalue weighted by molar-refractivity contribution is 5.89. The van der Waals surface area contributed by atoms with Crippen molar-refractivity contribution in [1.82, 2.24) is 0 Å². The molecular weight excluding hydrogens is 168 g/mol. The van der Waals surface area contributed by atoms with Crippen LogP contribution in [-0.2, 0) is 9.47 Å². The molecule has 0 atom stereocenters. The molecule has 3 heteroatoms. The van der Waals surface area contributed by atoms with Gasteiger partial charge >= 0.3 is 5.97 Å². The fourth-order valence-corrected chi connectivity index (χ4v) is 0.787. The van der Waals surface area contributed by atoms with Crippen LogP contribution in [0.25, 0.3) is 0 Å². The van der Waals surface area contributed by atoms with Crippen LogP contribution < -0.4 is 0 Å². The van der Waals surface area contributed by atoms with Crippen molar-refractivity contribution in [3.63, 3.8) is 0 Å². The lowest BCUT2D eigenvalue weighted by molar-refractivity contribution is 0.0654. The molecule has 0 aliphatic heterocycles. The van der Waals surface area contributed by atoms with E-state index >= 15 is 0 Å². The molecule has 1 aromatic rings. The van der Waals surface area contributed by atoms with E-state index in [4.69, 9.17) is 4.74 Å². The van der Waals surface area contributed by atoms with E-state index in [2.05, 4.69) is 4.74 Å². The summed E-state index contributed by atoms with van der Waals surface area (Å²) in [5, 5.41) is 0. The number of methoxy groups -OCH3 is 1. The zero-order valence-electron chi connectivity index (χ0n) is 7.27. The van der Waals surface area contributed by atoms with Gasteiger partial charge < -0.3 is 9.47 Å². The van der Waals surface area contributed by atoms with Gasteiger partial charge in [-0.05, 0) is 12.1 Å². The maximum Gasteiger partial charge on any atom is 0.343 e. The average Bonchev–Trinajstić information content (AvgIpc) is 2.19. The summed E-state index contributed by atoms with van der Waals surface area (Å²) >= 11 is 0. The Balaban J connectivity index is 2.54. The third-order valence-corrected chi connectivity index (χ3v) is 1.38. The number of esters is 1. The smallest absolute Gasteiger partial charge is 0.343 e. The van der Waals surface area contributed by atoms with E-state index < -0.39 is 5.97 Å². The predicted octanol–water partition coefficient (Wildman–Crippen LogP) is 1.96. The molecule has 0 aliphatic rings. The minimum absolute atomic E-state index is 0.395. The Kier molecular flexibility index (Phi) is 3.57. The van der Waals surface area contributed by atoms with Gasteiger partial charge in [-0.25, -0.2) is 4.79 Å². The lowest BCUT2D eigenvalue weighted by atomic mass is 10.2. The average molecular weight is 178 g/mol. The largest absolute Gasteiger partial charge is 0.501 e. The van der Waals surface area contributed by atoms with Gasteiger partial charge in [0, 0.05) is 0 Å². The van der Waals surface area contributed by atoms with Crippen LogP contribution in [-0.4, -0.2) is 13.1 Å². The van der Waals surface area contributed by atoms with E-state index in [9.17, 15) is 4.79 Å². The first-order valence-corrected chi connectivity index (χ1v) is 3.78. The molecule has 0 radical (unpaired) electrons. The van der Waals surface area contributed by atoms with Crippen molar-refractivity contribution in [2.45, 2.75) is 0 Å². The summed E-state index contributed by atoms with van der Waals surface area (Å²) in [5.41, 5.74) is 0.517. The highest BCUT2D eigenvalue weighted by Crippen LogP contribution is 2.00. The second-order valence-electron chi connectivity index (χ2n) is 2.28. The first-order chi connectivity index (χ1) is 6.34. The van der Waals surface area contributed by atoms with Crippen LogP contribution in [0, 0.1) is 0 Å². The Bertz CT molecular complexity index is 290. The maximum absolute atomic E-state index is 11.2. The first kappa shape index (κ1) is 9.32. The Hall–Kier alpha value is -1.77. The second kappa shape index (κ2) is 4.98. The van der Waals surface area contributed by atoms with Crippen LogP contribution in [0.1, 0.15) is 10.4 Å². The van der Waals surface area contributed by atoms with Gasteiger partial charge in [0.25, 0.3) is 0 Å². The molecule has 0 fully saturated rings. The molecule has 1 aromatic carbocycles. The maximum atomic E-state index is 11.2. The van der Waals surface area contributed by atoms with Crippen molar-refractivity contribution in [2.75, 3.05) is 7.11 Å². The number of rotatable bonds is 3. The highest BCUT2D eigenvalue weighted by atomic mass is 16.5. The predicted molar refractivity (Wildman–Crippen MR) is 48.0 cm³/mol. The number of benzene rings is 1. The molecule has 0 saturated carbocycles. The fourth-order valence-electron chi connectivity index (χ4n) is 0.787. The molecular formula is C10H10O3. The fraction of sp³-hybridized carbons (Fsp3) is 0.100. The van der Waals surface area contributed by atoms with E-state index in [1.165, 1.54) is 19.6 Å². The third-order valence-electron chi connectivity index (χ3n) is 1.38. The van der Waals surface area contributed by atoms with Crippen LogP contribution in [0.3, 0.4) is 0 Å². The first-order valence-electron chi connectivity index (χ1n) is 3.78. The molecule has 0 bridgehead atoms. The topological polar surface area (TPSA) is 35.5 Å². The summed E-state index contributed by atoms with van der Waals surface area (Å²) < 4.78 is 9.29. The van der Waals surface area contributed by atoms with Crippen molar-refractivity contribution in [3.8, 4) is 0 Å². The number of carbonyl (C=O) groups is 1. The van der Waals surface area contributed by atoms with Gasteiger partial charge in [0.2, 0.25) is 0 Å². The minimum atomic E-state index is -0.395. The van der Waals surface area contributed by atoms with Crippen LogP contribution in [0.15, 0.2) is 42.9 Å². The Labute approximate surface area is 76.6 Å². The van der Waals surface area contributed by atoms with E-state index in [1.54, 1.807) is 24.3 Å². The lowest BCUT2D eigenvalue weighted by Crippen LogP contribution is -1.99. The zero-order valence-corrected chi connectivity index (χ0v) is 7.27. The van der Waals surface area contributed by atoms with Crippen LogP contribution in [0.2, 0.25) is 0 Å². The Morgan fingerprint density at radius 1 is 1.23 bits per heavy atom. The normalized spacial score (nSPS) is 9.92. The summed E-state index contributed by atoms with van der Waals surface area (Å²) in [5.74, 6) is -0.395. The van der Waals surface area contributed by atoms with Crippen molar-refractivity contribution < 1.29 is 14.3 Å². The molecule has 68 valence electrons. The zero-order chi connectivity index (χ0) is 9.52. The molecule has 0 saturated heterocycles. The molecule has 13 heavy (non-hydrogen) atoms. The van der Waals surface area contributed by atoms with Crippen molar-refractivity contribution in [1.29, 1.82) is 0 Å². The summed E-state index contributed by atoms with van der Waals surface area (Å²) in [6, 6.07) is 8.75. The van der Waals surface area contributed by atoms with Crippen LogP contribution in [0.4, 0.5) is 0 Å². The molecule has 0 aliphatic carbocycles. The quantitative estimate of drug-likeness (QED) is 0.524. The van der Waals surface area contributed by atoms with E-state index in [0.717, 1.165) is 0 Å². The molecule has 0 heterocycles. The number of carbonyl (C=O) groups excluding carboxylic acids is 1. The van der Waals surface area contributed by atoms with E-state index in [0.29, 0.717) is 5.56 Å². The number of hydrogen-bond acceptors (Lipinski definition) is 3. The van der Waals surface area contributed by atoms with Gasteiger partial charge in [-0.3, -0.25) is 0 Å². The summed E-state index contributed by atoms with van der Waals surface area (Å²) in [4.78, 5) is 11.2.